The van der Waals surface area contributed by atoms with E-state index in [1.807, 2.05) is 31.2 Å². The molecule has 1 aliphatic heterocycles. The summed E-state index contributed by atoms with van der Waals surface area (Å²) in [4.78, 5) is 12.4. The number of carbonyl (C=O) groups excluding carboxylic acids is 1. The Morgan fingerprint density at radius 3 is 2.64 bits per heavy atom. The third kappa shape index (κ3) is 3.84. The lowest BCUT2D eigenvalue weighted by Crippen LogP contribution is -2.51. The smallest absolute Gasteiger partial charge is 0.317 e. The summed E-state index contributed by atoms with van der Waals surface area (Å²) in [5.74, 6) is -0.901. The molecule has 0 saturated carbocycles. The summed E-state index contributed by atoms with van der Waals surface area (Å²) in [6.07, 6.45) is 0. The van der Waals surface area contributed by atoms with Crippen LogP contribution in [0.3, 0.4) is 0 Å². The number of benzene rings is 1. The molecule has 0 spiro atoms. The maximum atomic E-state index is 12.4. The summed E-state index contributed by atoms with van der Waals surface area (Å²) in [6, 6.07) is 7.65. The number of carbonyl (C=O) groups is 1. The van der Waals surface area contributed by atoms with Crippen molar-refractivity contribution in [1.29, 1.82) is 0 Å². The van der Waals surface area contributed by atoms with Crippen LogP contribution in [0.15, 0.2) is 36.5 Å². The number of ether oxygens (including phenoxy) is 2. The van der Waals surface area contributed by atoms with E-state index in [1.165, 1.54) is 0 Å². The van der Waals surface area contributed by atoms with Gasteiger partial charge >= 0.3 is 5.97 Å². The van der Waals surface area contributed by atoms with Gasteiger partial charge in [0.1, 0.15) is 12.5 Å². The Morgan fingerprint density at radius 1 is 1.32 bits per heavy atom. The van der Waals surface area contributed by atoms with Crippen LogP contribution in [-0.4, -0.2) is 31.4 Å². The first-order valence-corrected chi connectivity index (χ1v) is 7.42. The van der Waals surface area contributed by atoms with Crippen LogP contribution in [0.25, 0.3) is 0 Å². The highest BCUT2D eigenvalue weighted by Crippen LogP contribution is 2.30. The predicted octanol–water partition coefficient (Wildman–Crippen LogP) is 1.83. The lowest BCUT2D eigenvalue weighted by Gasteiger charge is -2.34. The molecule has 0 unspecified atom stereocenters. The maximum absolute atomic E-state index is 12.4. The lowest BCUT2D eigenvalue weighted by atomic mass is 9.89. The number of nitrogens with one attached hydrogen (secondary N) is 2. The fourth-order valence-corrected chi connectivity index (χ4v) is 2.59. The van der Waals surface area contributed by atoms with E-state index >= 15 is 0 Å². The molecule has 5 nitrogen and oxygen atoms in total. The number of esters is 1. The molecule has 2 rings (SSSR count). The number of hydrogen-bond donors (Lipinski definition) is 2. The topological polar surface area (TPSA) is 59.6 Å². The second kappa shape index (κ2) is 7.38. The first-order chi connectivity index (χ1) is 10.5. The quantitative estimate of drug-likeness (QED) is 0.490. The van der Waals surface area contributed by atoms with E-state index in [1.54, 1.807) is 7.11 Å². The highest BCUT2D eigenvalue weighted by Gasteiger charge is 2.37. The van der Waals surface area contributed by atoms with Gasteiger partial charge in [-0.3, -0.25) is 4.79 Å². The first-order valence-electron chi connectivity index (χ1n) is 7.01. The van der Waals surface area contributed by atoms with Gasteiger partial charge in [-0.2, -0.15) is 0 Å². The van der Waals surface area contributed by atoms with E-state index in [9.17, 15) is 4.79 Å². The molecule has 6 heteroatoms. The van der Waals surface area contributed by atoms with Gasteiger partial charge in [-0.1, -0.05) is 36.4 Å². The van der Waals surface area contributed by atoms with Crippen molar-refractivity contribution < 1.29 is 14.3 Å². The van der Waals surface area contributed by atoms with Crippen LogP contribution in [-0.2, 0) is 14.3 Å². The molecule has 0 radical (unpaired) electrons. The van der Waals surface area contributed by atoms with E-state index < -0.39 is 5.92 Å². The van der Waals surface area contributed by atoms with Gasteiger partial charge in [-0.15, -0.1) is 0 Å². The van der Waals surface area contributed by atoms with Crippen molar-refractivity contribution >= 4 is 23.3 Å². The predicted molar refractivity (Wildman–Crippen MR) is 88.3 cm³/mol. The standard InChI is InChI=1S/C16H20N2O3S/c1-10-4-6-12(7-5-10)14-13(11(2)17-16(22)18-14)15(19)21-9-8-20-3/h4-7,13-14H,2,8-9H2,1,3H3,(H2,17,18,22)/t13-,14+/m1/s1. The second-order valence-electron chi connectivity index (χ2n) is 5.15. The van der Waals surface area contributed by atoms with E-state index in [-0.39, 0.29) is 18.6 Å². The summed E-state index contributed by atoms with van der Waals surface area (Å²) in [7, 11) is 1.56. The van der Waals surface area contributed by atoms with Crippen LogP contribution < -0.4 is 10.6 Å². The van der Waals surface area contributed by atoms with Gasteiger partial charge in [-0.05, 0) is 24.7 Å². The summed E-state index contributed by atoms with van der Waals surface area (Å²) in [6.45, 7) is 6.50. The zero-order valence-electron chi connectivity index (χ0n) is 12.7. The third-order valence-electron chi connectivity index (χ3n) is 3.49. The molecule has 0 bridgehead atoms. The van der Waals surface area contributed by atoms with E-state index in [4.69, 9.17) is 21.7 Å². The van der Waals surface area contributed by atoms with Gasteiger partial charge < -0.3 is 20.1 Å². The lowest BCUT2D eigenvalue weighted by molar-refractivity contribution is -0.149. The van der Waals surface area contributed by atoms with Crippen molar-refractivity contribution in [3.8, 4) is 0 Å². The molecule has 0 aromatic heterocycles. The summed E-state index contributed by atoms with van der Waals surface area (Å²) in [5, 5.41) is 6.49. The van der Waals surface area contributed by atoms with Crippen molar-refractivity contribution in [3.63, 3.8) is 0 Å². The average Bonchev–Trinajstić information content (AvgIpc) is 2.47. The molecule has 22 heavy (non-hydrogen) atoms. The summed E-state index contributed by atoms with van der Waals surface area (Å²) < 4.78 is 10.2. The fraction of sp³-hybridized carbons (Fsp3) is 0.375. The van der Waals surface area contributed by atoms with Crippen molar-refractivity contribution in [2.75, 3.05) is 20.3 Å². The Morgan fingerprint density at radius 2 is 2.00 bits per heavy atom. The minimum Gasteiger partial charge on any atom is -0.463 e. The Labute approximate surface area is 135 Å². The average molecular weight is 320 g/mol. The minimum absolute atomic E-state index is 0.212. The number of thiocarbonyl (C=S) groups is 1. The van der Waals surface area contributed by atoms with Crippen LogP contribution >= 0.6 is 12.2 Å². The molecule has 0 aliphatic carbocycles. The Hall–Kier alpha value is -1.92. The summed E-state index contributed by atoms with van der Waals surface area (Å²) >= 11 is 5.18. The van der Waals surface area contributed by atoms with Gasteiger partial charge in [0.25, 0.3) is 0 Å². The number of hydrogen-bond acceptors (Lipinski definition) is 4. The Kier molecular flexibility index (Phi) is 5.51. The summed E-state index contributed by atoms with van der Waals surface area (Å²) in [5.41, 5.74) is 2.65. The molecule has 2 N–H and O–H groups in total. The van der Waals surface area contributed by atoms with Gasteiger partial charge in [0.05, 0.1) is 12.6 Å². The molecular weight excluding hydrogens is 300 g/mol. The van der Waals surface area contributed by atoms with Crippen molar-refractivity contribution in [2.24, 2.45) is 5.92 Å². The monoisotopic (exact) mass is 320 g/mol. The molecule has 1 saturated heterocycles. The highest BCUT2D eigenvalue weighted by molar-refractivity contribution is 7.80. The van der Waals surface area contributed by atoms with Gasteiger partial charge in [0, 0.05) is 12.8 Å². The number of rotatable bonds is 5. The van der Waals surface area contributed by atoms with Crippen LogP contribution in [0.5, 0.6) is 0 Å². The third-order valence-corrected chi connectivity index (χ3v) is 3.71. The largest absolute Gasteiger partial charge is 0.463 e. The van der Waals surface area contributed by atoms with Crippen LogP contribution in [0, 0.1) is 12.8 Å². The van der Waals surface area contributed by atoms with Crippen LogP contribution in [0.4, 0.5) is 0 Å². The van der Waals surface area contributed by atoms with Crippen LogP contribution in [0.1, 0.15) is 17.2 Å². The van der Waals surface area contributed by atoms with E-state index in [0.717, 1.165) is 11.1 Å². The van der Waals surface area contributed by atoms with E-state index in [0.29, 0.717) is 17.4 Å². The van der Waals surface area contributed by atoms with E-state index in [2.05, 4.69) is 17.2 Å². The molecule has 1 fully saturated rings. The Bertz CT molecular complexity index is 571. The molecule has 2 atom stereocenters. The normalized spacial score (nSPS) is 21.0. The van der Waals surface area contributed by atoms with Gasteiger partial charge in [0.15, 0.2) is 5.11 Å². The zero-order chi connectivity index (χ0) is 16.1. The maximum Gasteiger partial charge on any atom is 0.317 e. The van der Waals surface area contributed by atoms with Gasteiger partial charge in [0.2, 0.25) is 0 Å². The molecule has 1 aromatic carbocycles. The number of aryl methyl sites for hydroxylation is 1. The van der Waals surface area contributed by atoms with Gasteiger partial charge in [-0.25, -0.2) is 0 Å². The van der Waals surface area contributed by atoms with Crippen LogP contribution in [0.2, 0.25) is 0 Å². The zero-order valence-corrected chi connectivity index (χ0v) is 13.5. The van der Waals surface area contributed by atoms with Crippen molar-refractivity contribution in [1.82, 2.24) is 10.6 Å². The molecular formula is C16H20N2O3S. The molecule has 1 heterocycles. The Balaban J connectivity index is 2.21. The fourth-order valence-electron chi connectivity index (χ4n) is 2.33. The molecule has 118 valence electrons. The number of methoxy groups -OCH3 is 1. The second-order valence-corrected chi connectivity index (χ2v) is 5.56. The molecule has 0 amide bonds. The highest BCUT2D eigenvalue weighted by atomic mass is 32.1. The first kappa shape index (κ1) is 16.5. The molecule has 1 aliphatic rings. The SMILES string of the molecule is C=C1NC(=S)N[C@@H](c2ccc(C)cc2)[C@@H]1C(=O)OCCOC. The van der Waals surface area contributed by atoms with Crippen molar-refractivity contribution in [3.05, 3.63) is 47.7 Å². The van der Waals surface area contributed by atoms with Crippen molar-refractivity contribution in [2.45, 2.75) is 13.0 Å². The minimum atomic E-state index is -0.550. The molecule has 1 aromatic rings.